The Morgan fingerprint density at radius 2 is 1.70 bits per heavy atom. The first-order valence-electron chi connectivity index (χ1n) is 9.88. The Balaban J connectivity index is 1.51. The molecule has 8 heteroatoms. The topological polar surface area (TPSA) is 64.6 Å². The van der Waals surface area contributed by atoms with Gasteiger partial charge in [-0.3, -0.25) is 4.90 Å². The van der Waals surface area contributed by atoms with Crippen molar-refractivity contribution in [3.8, 4) is 0 Å². The number of halogens is 3. The largest absolute Gasteiger partial charge is 0.416 e. The number of nitrogens with zero attached hydrogens (tertiary/aromatic N) is 1. The van der Waals surface area contributed by atoms with Crippen molar-refractivity contribution in [3.05, 3.63) is 65.7 Å². The van der Waals surface area contributed by atoms with E-state index in [9.17, 15) is 23.1 Å². The van der Waals surface area contributed by atoms with Gasteiger partial charge < -0.3 is 15.7 Å². The first kappa shape index (κ1) is 22.1. The third kappa shape index (κ3) is 5.96. The lowest BCUT2D eigenvalue weighted by Gasteiger charge is -2.37. The second kappa shape index (κ2) is 9.06. The highest BCUT2D eigenvalue weighted by Gasteiger charge is 2.34. The van der Waals surface area contributed by atoms with Crippen LogP contribution in [-0.4, -0.2) is 41.7 Å². The molecule has 2 aromatic rings. The van der Waals surface area contributed by atoms with Crippen LogP contribution in [0.3, 0.4) is 0 Å². The summed E-state index contributed by atoms with van der Waals surface area (Å²) in [6.45, 7) is 3.01. The minimum Gasteiger partial charge on any atom is -0.384 e. The van der Waals surface area contributed by atoms with Crippen molar-refractivity contribution in [1.82, 2.24) is 10.2 Å². The number of amides is 2. The summed E-state index contributed by atoms with van der Waals surface area (Å²) < 4.78 is 38.9. The molecule has 2 amide bonds. The highest BCUT2D eigenvalue weighted by atomic mass is 19.4. The quantitative estimate of drug-likeness (QED) is 0.678. The number of alkyl halides is 3. The number of rotatable bonds is 5. The van der Waals surface area contributed by atoms with Crippen LogP contribution in [0.2, 0.25) is 0 Å². The predicted molar refractivity (Wildman–Crippen MR) is 109 cm³/mol. The van der Waals surface area contributed by atoms with E-state index in [4.69, 9.17) is 0 Å². The molecule has 2 aromatic carbocycles. The zero-order valence-corrected chi connectivity index (χ0v) is 16.7. The normalized spacial score (nSPS) is 17.9. The Hall–Kier alpha value is -2.58. The van der Waals surface area contributed by atoms with E-state index < -0.39 is 17.3 Å². The lowest BCUT2D eigenvalue weighted by atomic mass is 9.92. The summed E-state index contributed by atoms with van der Waals surface area (Å²) in [7, 11) is 0. The molecule has 3 rings (SSSR count). The average Bonchev–Trinajstić information content (AvgIpc) is 2.69. The number of carbonyl (C=O) groups is 1. The molecule has 30 heavy (non-hydrogen) atoms. The third-order valence-corrected chi connectivity index (χ3v) is 5.30. The monoisotopic (exact) mass is 421 g/mol. The predicted octanol–water partition coefficient (Wildman–Crippen LogP) is 4.20. The molecule has 0 unspecified atom stereocenters. The average molecular weight is 421 g/mol. The second-order valence-electron chi connectivity index (χ2n) is 7.87. The van der Waals surface area contributed by atoms with E-state index in [0.29, 0.717) is 31.6 Å². The molecule has 1 heterocycles. The smallest absolute Gasteiger partial charge is 0.384 e. The minimum absolute atomic E-state index is 0.00321. The first-order valence-corrected chi connectivity index (χ1v) is 9.88. The van der Waals surface area contributed by atoms with Gasteiger partial charge in [-0.05, 0) is 49.6 Å². The van der Waals surface area contributed by atoms with Gasteiger partial charge in [-0.1, -0.05) is 30.3 Å². The Morgan fingerprint density at radius 1 is 1.07 bits per heavy atom. The fourth-order valence-corrected chi connectivity index (χ4v) is 3.67. The maximum absolute atomic E-state index is 13.0. The molecule has 5 nitrogen and oxygen atoms in total. The number of nitrogens with one attached hydrogen (secondary N) is 2. The Morgan fingerprint density at radius 3 is 2.33 bits per heavy atom. The van der Waals surface area contributed by atoms with E-state index in [1.807, 2.05) is 23.1 Å². The molecule has 1 fully saturated rings. The lowest BCUT2D eigenvalue weighted by Crippen LogP contribution is -2.49. The molecule has 0 saturated carbocycles. The van der Waals surface area contributed by atoms with Crippen LogP contribution in [0.5, 0.6) is 0 Å². The summed E-state index contributed by atoms with van der Waals surface area (Å²) in [6.07, 6.45) is -3.06. The first-order chi connectivity index (χ1) is 14.1. The standard InChI is InChI=1S/C22H26F3N3O2/c1-21(30,16-6-5-7-17(14-16)22(23,24)25)15-28-12-10-19(11-13-28)27-20(29)26-18-8-3-2-4-9-18/h2-9,14,19,30H,10-13,15H2,1H3,(H2,26,27,29)/t21-/m1/s1. The van der Waals surface area contributed by atoms with Gasteiger partial charge in [-0.25, -0.2) is 4.79 Å². The molecule has 0 spiro atoms. The van der Waals surface area contributed by atoms with Crippen LogP contribution in [0.25, 0.3) is 0 Å². The van der Waals surface area contributed by atoms with Gasteiger partial charge in [0.15, 0.2) is 0 Å². The molecule has 3 N–H and O–H groups in total. The van der Waals surface area contributed by atoms with Crippen LogP contribution in [0.4, 0.5) is 23.7 Å². The van der Waals surface area contributed by atoms with Crippen molar-refractivity contribution >= 4 is 11.7 Å². The van der Waals surface area contributed by atoms with Crippen LogP contribution in [0.1, 0.15) is 30.9 Å². The zero-order valence-electron chi connectivity index (χ0n) is 16.7. The van der Waals surface area contributed by atoms with Crippen LogP contribution in [0.15, 0.2) is 54.6 Å². The maximum atomic E-state index is 13.0. The van der Waals surface area contributed by atoms with Crippen LogP contribution >= 0.6 is 0 Å². The van der Waals surface area contributed by atoms with Crippen LogP contribution < -0.4 is 10.6 Å². The molecule has 1 atom stereocenters. The van der Waals surface area contributed by atoms with Gasteiger partial charge in [0.2, 0.25) is 0 Å². The summed E-state index contributed by atoms with van der Waals surface area (Å²) in [6, 6.07) is 13.7. The SMILES string of the molecule is C[C@@](O)(CN1CCC(NC(=O)Nc2ccccc2)CC1)c1cccc(C(F)(F)F)c1. The summed E-state index contributed by atoms with van der Waals surface area (Å²) in [5, 5.41) is 16.5. The number of urea groups is 1. The molecule has 1 aliphatic heterocycles. The van der Waals surface area contributed by atoms with Crippen molar-refractivity contribution in [1.29, 1.82) is 0 Å². The van der Waals surface area contributed by atoms with E-state index in [2.05, 4.69) is 10.6 Å². The number of carbonyl (C=O) groups excluding carboxylic acids is 1. The highest BCUT2D eigenvalue weighted by molar-refractivity contribution is 5.89. The molecular formula is C22H26F3N3O2. The van der Waals surface area contributed by atoms with Gasteiger partial charge in [-0.2, -0.15) is 13.2 Å². The number of anilines is 1. The third-order valence-electron chi connectivity index (χ3n) is 5.30. The Bertz CT molecular complexity index is 848. The van der Waals surface area contributed by atoms with Crippen molar-refractivity contribution in [2.24, 2.45) is 0 Å². The van der Waals surface area contributed by atoms with Crippen molar-refractivity contribution < 1.29 is 23.1 Å². The van der Waals surface area contributed by atoms with Gasteiger partial charge in [0, 0.05) is 31.4 Å². The number of aliphatic hydroxyl groups is 1. The number of hydrogen-bond donors (Lipinski definition) is 3. The number of para-hydroxylation sites is 1. The molecule has 1 aliphatic rings. The summed E-state index contributed by atoms with van der Waals surface area (Å²) in [5.74, 6) is 0. The molecular weight excluding hydrogens is 395 g/mol. The molecule has 0 aliphatic carbocycles. The molecule has 1 saturated heterocycles. The Kier molecular flexibility index (Phi) is 6.67. The fraction of sp³-hybridized carbons (Fsp3) is 0.409. The zero-order chi connectivity index (χ0) is 21.8. The van der Waals surface area contributed by atoms with E-state index in [1.54, 1.807) is 12.1 Å². The van der Waals surface area contributed by atoms with Gasteiger partial charge in [-0.15, -0.1) is 0 Å². The molecule has 162 valence electrons. The van der Waals surface area contributed by atoms with E-state index in [1.165, 1.54) is 19.1 Å². The number of β-amino-alcohol motifs (C(OH)–C–C–N with tert-alkyl or cyclic N) is 1. The van der Waals surface area contributed by atoms with E-state index in [0.717, 1.165) is 12.1 Å². The summed E-state index contributed by atoms with van der Waals surface area (Å²) >= 11 is 0. The van der Waals surface area contributed by atoms with Crippen LogP contribution in [-0.2, 0) is 11.8 Å². The highest BCUT2D eigenvalue weighted by Crippen LogP contribution is 2.32. The van der Waals surface area contributed by atoms with Gasteiger partial charge in [0.25, 0.3) is 0 Å². The number of hydrogen-bond acceptors (Lipinski definition) is 3. The molecule has 0 radical (unpaired) electrons. The van der Waals surface area contributed by atoms with Crippen molar-refractivity contribution in [3.63, 3.8) is 0 Å². The van der Waals surface area contributed by atoms with Crippen molar-refractivity contribution in [2.45, 2.75) is 37.6 Å². The molecule has 0 aromatic heterocycles. The lowest BCUT2D eigenvalue weighted by molar-refractivity contribution is -0.137. The summed E-state index contributed by atoms with van der Waals surface area (Å²) in [5.41, 5.74) is -1.23. The van der Waals surface area contributed by atoms with Gasteiger partial charge in [0.1, 0.15) is 0 Å². The van der Waals surface area contributed by atoms with E-state index >= 15 is 0 Å². The summed E-state index contributed by atoms with van der Waals surface area (Å²) in [4.78, 5) is 14.1. The van der Waals surface area contributed by atoms with E-state index in [-0.39, 0.29) is 24.2 Å². The maximum Gasteiger partial charge on any atom is 0.416 e. The number of likely N-dealkylation sites (tertiary alicyclic amines) is 1. The fourth-order valence-electron chi connectivity index (χ4n) is 3.67. The van der Waals surface area contributed by atoms with Gasteiger partial charge >= 0.3 is 12.2 Å². The van der Waals surface area contributed by atoms with Crippen molar-refractivity contribution in [2.75, 3.05) is 25.0 Å². The van der Waals surface area contributed by atoms with Gasteiger partial charge in [0.05, 0.1) is 11.2 Å². The number of benzene rings is 2. The van der Waals surface area contributed by atoms with Crippen LogP contribution in [0, 0.1) is 0 Å². The second-order valence-corrected chi connectivity index (χ2v) is 7.87. The number of piperidine rings is 1. The Labute approximate surface area is 173 Å². The molecule has 0 bridgehead atoms. The minimum atomic E-state index is -4.45.